The molecule has 1 heterocycles. The molecule has 5 atom stereocenters. The number of hydrogen-bond acceptors (Lipinski definition) is 6. The highest BCUT2D eigenvalue weighted by atomic mass is 35.6. The molecule has 0 bridgehead atoms. The van der Waals surface area contributed by atoms with Crippen LogP contribution >= 0.6 is 34.8 Å². The SMILES string of the molecule is C=CCO[C@@H]1O[C@H](COCc2ccccc2)[C@H](OCc2ccccc2)[C@H](OCc2ccccc2)[C@H]1NC(=O)C(Cl)(Cl)Cl. The maximum Gasteiger partial charge on any atom is 0.272 e. The number of benzene rings is 3. The average molecular weight is 635 g/mol. The highest BCUT2D eigenvalue weighted by Crippen LogP contribution is 2.32. The summed E-state index contributed by atoms with van der Waals surface area (Å²) in [5.41, 5.74) is 2.90. The Kier molecular flexibility index (Phi) is 12.7. The van der Waals surface area contributed by atoms with E-state index >= 15 is 0 Å². The second-order valence-electron chi connectivity index (χ2n) is 9.69. The zero-order chi connectivity index (χ0) is 29.8. The quantitative estimate of drug-likeness (QED) is 0.169. The summed E-state index contributed by atoms with van der Waals surface area (Å²) < 4.78 is 29.2. The largest absolute Gasteiger partial charge is 0.374 e. The van der Waals surface area contributed by atoms with Crippen molar-refractivity contribution in [1.82, 2.24) is 5.32 Å². The summed E-state index contributed by atoms with van der Waals surface area (Å²) in [6, 6.07) is 28.3. The lowest BCUT2D eigenvalue weighted by atomic mass is 9.95. The number of amides is 1. The number of hydrogen-bond donors (Lipinski definition) is 1. The van der Waals surface area contributed by atoms with Crippen LogP contribution in [0.5, 0.6) is 0 Å². The first kappa shape index (κ1) is 32.5. The molecule has 0 spiro atoms. The molecule has 10 heteroatoms. The normalized spacial score (nSPS) is 22.4. The summed E-state index contributed by atoms with van der Waals surface area (Å²) in [7, 11) is 0. The minimum absolute atomic E-state index is 0.142. The van der Waals surface area contributed by atoms with Gasteiger partial charge in [0.2, 0.25) is 0 Å². The van der Waals surface area contributed by atoms with Crippen molar-refractivity contribution in [3.8, 4) is 0 Å². The minimum Gasteiger partial charge on any atom is -0.374 e. The third-order valence-corrected chi connectivity index (χ3v) is 7.06. The maximum absolute atomic E-state index is 12.9. The van der Waals surface area contributed by atoms with Gasteiger partial charge in [-0.05, 0) is 16.7 Å². The maximum atomic E-state index is 12.9. The van der Waals surface area contributed by atoms with Crippen LogP contribution in [0.1, 0.15) is 16.7 Å². The van der Waals surface area contributed by atoms with Crippen molar-refractivity contribution < 1.29 is 28.5 Å². The molecule has 0 unspecified atom stereocenters. The van der Waals surface area contributed by atoms with Crippen LogP contribution in [0.15, 0.2) is 104 Å². The van der Waals surface area contributed by atoms with Gasteiger partial charge in [0.15, 0.2) is 6.29 Å². The average Bonchev–Trinajstić information content (AvgIpc) is 3.00. The fourth-order valence-electron chi connectivity index (χ4n) is 4.53. The molecule has 1 aliphatic heterocycles. The highest BCUT2D eigenvalue weighted by Gasteiger charge is 2.50. The number of rotatable bonds is 14. The first-order valence-electron chi connectivity index (χ1n) is 13.5. The molecule has 224 valence electrons. The van der Waals surface area contributed by atoms with Crippen LogP contribution in [0.2, 0.25) is 0 Å². The number of halogens is 3. The van der Waals surface area contributed by atoms with E-state index in [1.165, 1.54) is 0 Å². The van der Waals surface area contributed by atoms with Crippen molar-refractivity contribution in [3.63, 3.8) is 0 Å². The third kappa shape index (κ3) is 9.79. The molecule has 0 aromatic heterocycles. The van der Waals surface area contributed by atoms with Crippen molar-refractivity contribution >= 4 is 40.7 Å². The minimum atomic E-state index is -2.22. The van der Waals surface area contributed by atoms with Crippen molar-refractivity contribution in [1.29, 1.82) is 0 Å². The van der Waals surface area contributed by atoms with Gasteiger partial charge < -0.3 is 29.0 Å². The predicted octanol–water partition coefficient (Wildman–Crippen LogP) is 6.16. The molecule has 4 rings (SSSR count). The summed E-state index contributed by atoms with van der Waals surface area (Å²) >= 11 is 17.8. The molecule has 0 aliphatic carbocycles. The molecule has 1 amide bonds. The smallest absolute Gasteiger partial charge is 0.272 e. The van der Waals surface area contributed by atoms with Crippen LogP contribution < -0.4 is 5.32 Å². The van der Waals surface area contributed by atoms with Gasteiger partial charge in [0, 0.05) is 0 Å². The summed E-state index contributed by atoms with van der Waals surface area (Å²) in [5.74, 6) is -0.845. The fourth-order valence-corrected chi connectivity index (χ4v) is 4.69. The standard InChI is InChI=1S/C32H34Cl3NO6/c1-2-18-39-30-27(36-31(37)32(33,34)35)29(41-21-25-16-10-5-11-17-25)28(40-20-24-14-8-4-9-15-24)26(42-30)22-38-19-23-12-6-3-7-13-23/h2-17,26-30H,1,18-22H2,(H,36,37)/t26-,27-,28+,29-,30-/m1/s1. The lowest BCUT2D eigenvalue weighted by Gasteiger charge is -2.46. The topological polar surface area (TPSA) is 75.2 Å². The molecule has 1 N–H and O–H groups in total. The van der Waals surface area contributed by atoms with E-state index in [1.54, 1.807) is 6.08 Å². The van der Waals surface area contributed by atoms with Crippen molar-refractivity contribution in [2.45, 2.75) is 54.3 Å². The van der Waals surface area contributed by atoms with Gasteiger partial charge in [-0.2, -0.15) is 0 Å². The summed E-state index contributed by atoms with van der Waals surface area (Å²) in [5, 5.41) is 2.77. The van der Waals surface area contributed by atoms with E-state index in [-0.39, 0.29) is 26.4 Å². The van der Waals surface area contributed by atoms with Gasteiger partial charge in [-0.1, -0.05) is 132 Å². The Labute approximate surface area is 261 Å². The lowest BCUT2D eigenvalue weighted by Crippen LogP contribution is -2.67. The Morgan fingerprint density at radius 1 is 0.786 bits per heavy atom. The van der Waals surface area contributed by atoms with E-state index < -0.39 is 40.3 Å². The van der Waals surface area contributed by atoms with E-state index in [4.69, 9.17) is 58.5 Å². The Hall–Kier alpha value is -2.46. The van der Waals surface area contributed by atoms with E-state index in [0.717, 1.165) is 16.7 Å². The number of carbonyl (C=O) groups is 1. The van der Waals surface area contributed by atoms with Gasteiger partial charge in [0.05, 0.1) is 33.0 Å². The van der Waals surface area contributed by atoms with Crippen LogP contribution in [0, 0.1) is 0 Å². The Bertz CT molecular complexity index is 1230. The number of alkyl halides is 3. The third-order valence-electron chi connectivity index (χ3n) is 6.54. The highest BCUT2D eigenvalue weighted by molar-refractivity contribution is 6.76. The van der Waals surface area contributed by atoms with Crippen LogP contribution in [-0.2, 0) is 48.3 Å². The van der Waals surface area contributed by atoms with E-state index in [0.29, 0.717) is 6.61 Å². The van der Waals surface area contributed by atoms with E-state index in [9.17, 15) is 4.79 Å². The lowest BCUT2D eigenvalue weighted by molar-refractivity contribution is -0.288. The molecule has 7 nitrogen and oxygen atoms in total. The Balaban J connectivity index is 1.64. The molecular weight excluding hydrogens is 601 g/mol. The van der Waals surface area contributed by atoms with E-state index in [1.807, 2.05) is 91.0 Å². The summed E-state index contributed by atoms with van der Waals surface area (Å²) in [6.45, 7) is 4.90. The van der Waals surface area contributed by atoms with Gasteiger partial charge >= 0.3 is 0 Å². The second kappa shape index (κ2) is 16.4. The van der Waals surface area contributed by atoms with Gasteiger partial charge in [-0.15, -0.1) is 6.58 Å². The summed E-state index contributed by atoms with van der Waals surface area (Å²) in [4.78, 5) is 12.9. The predicted molar refractivity (Wildman–Crippen MR) is 163 cm³/mol. The number of carbonyl (C=O) groups excluding carboxylic acids is 1. The van der Waals surface area contributed by atoms with Crippen LogP contribution in [-0.4, -0.2) is 53.6 Å². The van der Waals surface area contributed by atoms with Crippen LogP contribution in [0.4, 0.5) is 0 Å². The molecule has 42 heavy (non-hydrogen) atoms. The zero-order valence-corrected chi connectivity index (χ0v) is 25.2. The van der Waals surface area contributed by atoms with Gasteiger partial charge in [-0.25, -0.2) is 0 Å². The van der Waals surface area contributed by atoms with Crippen molar-refractivity contribution in [2.75, 3.05) is 13.2 Å². The van der Waals surface area contributed by atoms with Gasteiger partial charge in [-0.3, -0.25) is 4.79 Å². The molecule has 1 saturated heterocycles. The first-order valence-corrected chi connectivity index (χ1v) is 14.7. The molecule has 1 aliphatic rings. The molecule has 0 saturated carbocycles. The molecule has 3 aromatic carbocycles. The van der Waals surface area contributed by atoms with Crippen LogP contribution in [0.3, 0.4) is 0 Å². The van der Waals surface area contributed by atoms with Gasteiger partial charge in [0.25, 0.3) is 9.70 Å². The number of ether oxygens (including phenoxy) is 5. The molecule has 1 fully saturated rings. The Morgan fingerprint density at radius 3 is 1.79 bits per heavy atom. The molecule has 3 aromatic rings. The van der Waals surface area contributed by atoms with E-state index in [2.05, 4.69) is 11.9 Å². The number of nitrogens with one attached hydrogen (secondary N) is 1. The summed E-state index contributed by atoms with van der Waals surface area (Å²) in [6.07, 6.45) is -1.51. The first-order chi connectivity index (χ1) is 20.3. The van der Waals surface area contributed by atoms with Crippen LogP contribution in [0.25, 0.3) is 0 Å². The van der Waals surface area contributed by atoms with Crippen molar-refractivity contribution in [2.24, 2.45) is 0 Å². The van der Waals surface area contributed by atoms with Gasteiger partial charge in [0.1, 0.15) is 24.4 Å². The monoisotopic (exact) mass is 633 g/mol. The Morgan fingerprint density at radius 2 is 1.29 bits per heavy atom. The fraction of sp³-hybridized carbons (Fsp3) is 0.344. The molecule has 0 radical (unpaired) electrons. The molecular formula is C32H34Cl3NO6. The van der Waals surface area contributed by atoms with Crippen molar-refractivity contribution in [3.05, 3.63) is 120 Å². The second-order valence-corrected chi connectivity index (χ2v) is 12.0. The zero-order valence-electron chi connectivity index (χ0n) is 23.0.